The van der Waals surface area contributed by atoms with Gasteiger partial charge in [0, 0.05) is 12.0 Å². The molecule has 0 aliphatic carbocycles. The van der Waals surface area contributed by atoms with Gasteiger partial charge in [-0.1, -0.05) is 81.4 Å². The molecule has 1 saturated heterocycles. The van der Waals surface area contributed by atoms with Crippen molar-refractivity contribution in [1.82, 2.24) is 4.90 Å². The second-order valence-electron chi connectivity index (χ2n) is 10.2. The van der Waals surface area contributed by atoms with E-state index in [4.69, 9.17) is 4.74 Å². The fourth-order valence-corrected chi connectivity index (χ4v) is 4.59. The van der Waals surface area contributed by atoms with E-state index in [1.54, 1.807) is 13.8 Å². The molecule has 5 nitrogen and oxygen atoms in total. The highest BCUT2D eigenvalue weighted by Gasteiger charge is 2.40. The molecule has 0 aromatic heterocycles. The van der Waals surface area contributed by atoms with E-state index in [0.29, 0.717) is 32.4 Å². The molecule has 1 aliphatic rings. The van der Waals surface area contributed by atoms with Gasteiger partial charge in [-0.15, -0.1) is 0 Å². The van der Waals surface area contributed by atoms with Gasteiger partial charge in [0.05, 0.1) is 6.61 Å². The summed E-state index contributed by atoms with van der Waals surface area (Å²) in [5, 5.41) is 0. The number of ketones is 1. The number of amides is 1. The highest BCUT2D eigenvalue weighted by Crippen LogP contribution is 2.27. The maximum Gasteiger partial charge on any atom is 0.328 e. The van der Waals surface area contributed by atoms with Gasteiger partial charge in [-0.2, -0.15) is 0 Å². The van der Waals surface area contributed by atoms with Crippen LogP contribution in [0.3, 0.4) is 0 Å². The molecule has 0 bridgehead atoms. The van der Waals surface area contributed by atoms with Gasteiger partial charge in [-0.3, -0.25) is 9.59 Å². The zero-order chi connectivity index (χ0) is 25.3. The Balaban J connectivity index is 1.61. The number of nitrogens with zero attached hydrogens (tertiary/aromatic N) is 1. The number of likely N-dealkylation sites (tertiary alicyclic amines) is 1. The molecule has 1 amide bonds. The number of carbonyl (C=O) groups is 3. The lowest BCUT2D eigenvalue weighted by Gasteiger charge is -2.35. The molecule has 0 radical (unpaired) electrons. The molecule has 0 saturated carbocycles. The number of aryl methyl sites for hydroxylation is 1. The van der Waals surface area contributed by atoms with Crippen molar-refractivity contribution in [2.24, 2.45) is 5.41 Å². The van der Waals surface area contributed by atoms with Crippen LogP contribution in [0.15, 0.2) is 60.7 Å². The Labute approximate surface area is 209 Å². The zero-order valence-electron chi connectivity index (χ0n) is 21.4. The molecule has 0 spiro atoms. The Bertz CT molecular complexity index is 970. The normalized spacial score (nSPS) is 17.0. The van der Waals surface area contributed by atoms with Gasteiger partial charge >= 0.3 is 5.97 Å². The summed E-state index contributed by atoms with van der Waals surface area (Å²) in [6.45, 7) is 6.18. The van der Waals surface area contributed by atoms with Crippen LogP contribution in [0.25, 0.3) is 0 Å². The Hall–Kier alpha value is -2.95. The molecular weight excluding hydrogens is 438 g/mol. The summed E-state index contributed by atoms with van der Waals surface area (Å²) in [4.78, 5) is 40.2. The minimum atomic E-state index is -0.732. The summed E-state index contributed by atoms with van der Waals surface area (Å²) in [6, 6.07) is 20.1. The van der Waals surface area contributed by atoms with Crippen molar-refractivity contribution >= 4 is 17.7 Å². The first-order chi connectivity index (χ1) is 16.8. The van der Waals surface area contributed by atoms with Gasteiger partial charge < -0.3 is 9.64 Å². The number of rotatable bonds is 11. The van der Waals surface area contributed by atoms with Crippen molar-refractivity contribution in [3.63, 3.8) is 0 Å². The molecule has 1 heterocycles. The number of benzene rings is 2. The number of Topliss-reactive ketones (excluding diaryl/α,β-unsaturated/α-hetero) is 1. The van der Waals surface area contributed by atoms with Crippen LogP contribution >= 0.6 is 0 Å². The molecule has 2 unspecified atom stereocenters. The van der Waals surface area contributed by atoms with Gasteiger partial charge in [0.1, 0.15) is 6.04 Å². The molecule has 188 valence electrons. The van der Waals surface area contributed by atoms with Crippen LogP contribution in [-0.4, -0.2) is 41.8 Å². The predicted octanol–water partition coefficient (Wildman–Crippen LogP) is 5.72. The highest BCUT2D eigenvalue weighted by molar-refractivity contribution is 6.38. The van der Waals surface area contributed by atoms with E-state index in [1.807, 2.05) is 31.2 Å². The molecule has 1 fully saturated rings. The fourth-order valence-electron chi connectivity index (χ4n) is 4.59. The van der Waals surface area contributed by atoms with Crippen molar-refractivity contribution in [2.45, 2.75) is 77.7 Å². The molecule has 2 aromatic rings. The summed E-state index contributed by atoms with van der Waals surface area (Å²) >= 11 is 0. The van der Waals surface area contributed by atoms with Crippen LogP contribution in [0.2, 0.25) is 0 Å². The standard InChI is InChI=1S/C30H39NO4/c1-4-30(2,3)27(32)28(33)31-21-12-11-17-26(31)29(34)35-22-20-25(24-15-9-6-10-16-24)19-18-23-13-7-5-8-14-23/h5-10,13-16,25-26H,4,11-12,17-22H2,1-3H3. The lowest BCUT2D eigenvalue weighted by atomic mass is 9.84. The van der Waals surface area contributed by atoms with Gasteiger partial charge in [-0.25, -0.2) is 4.79 Å². The largest absolute Gasteiger partial charge is 0.464 e. The summed E-state index contributed by atoms with van der Waals surface area (Å²) in [5.41, 5.74) is 1.80. The van der Waals surface area contributed by atoms with E-state index in [1.165, 1.54) is 16.0 Å². The Kier molecular flexibility index (Phi) is 9.64. The lowest BCUT2D eigenvalue weighted by Crippen LogP contribution is -2.53. The number of esters is 1. The van der Waals surface area contributed by atoms with E-state index in [9.17, 15) is 14.4 Å². The average molecular weight is 478 g/mol. The third-order valence-corrected chi connectivity index (χ3v) is 7.33. The lowest BCUT2D eigenvalue weighted by molar-refractivity contribution is -0.161. The SMILES string of the molecule is CCC(C)(C)C(=O)C(=O)N1CCCCC1C(=O)OCCC(CCc1ccccc1)c1ccccc1. The minimum absolute atomic E-state index is 0.264. The molecule has 2 atom stereocenters. The van der Waals surface area contributed by atoms with E-state index in [-0.39, 0.29) is 5.92 Å². The van der Waals surface area contributed by atoms with E-state index in [2.05, 4.69) is 36.4 Å². The van der Waals surface area contributed by atoms with Crippen LogP contribution in [-0.2, 0) is 25.5 Å². The maximum absolute atomic E-state index is 13.0. The monoisotopic (exact) mass is 477 g/mol. The summed E-state index contributed by atoms with van der Waals surface area (Å²) in [5.74, 6) is -1.11. The second kappa shape index (κ2) is 12.7. The minimum Gasteiger partial charge on any atom is -0.464 e. The van der Waals surface area contributed by atoms with Gasteiger partial charge in [-0.05, 0) is 62.0 Å². The Morgan fingerprint density at radius 2 is 1.63 bits per heavy atom. The third kappa shape index (κ3) is 7.27. The number of ether oxygens (including phenoxy) is 1. The first-order valence-corrected chi connectivity index (χ1v) is 12.9. The topological polar surface area (TPSA) is 63.7 Å². The predicted molar refractivity (Wildman–Crippen MR) is 138 cm³/mol. The first kappa shape index (κ1) is 26.7. The van der Waals surface area contributed by atoms with Crippen molar-refractivity contribution in [1.29, 1.82) is 0 Å². The van der Waals surface area contributed by atoms with Crippen molar-refractivity contribution in [2.75, 3.05) is 13.2 Å². The van der Waals surface area contributed by atoms with E-state index in [0.717, 1.165) is 25.7 Å². The number of hydrogen-bond acceptors (Lipinski definition) is 4. The van der Waals surface area contributed by atoms with Crippen LogP contribution in [0.5, 0.6) is 0 Å². The van der Waals surface area contributed by atoms with Crippen LogP contribution in [0.4, 0.5) is 0 Å². The van der Waals surface area contributed by atoms with E-state index < -0.39 is 29.1 Å². The molecule has 0 N–H and O–H groups in total. The average Bonchev–Trinajstić information content (AvgIpc) is 2.90. The quantitative estimate of drug-likeness (QED) is 0.307. The summed E-state index contributed by atoms with van der Waals surface area (Å²) < 4.78 is 5.71. The Morgan fingerprint density at radius 1 is 0.971 bits per heavy atom. The molecule has 5 heteroatoms. The zero-order valence-corrected chi connectivity index (χ0v) is 21.4. The third-order valence-electron chi connectivity index (χ3n) is 7.33. The van der Waals surface area contributed by atoms with E-state index >= 15 is 0 Å². The molecule has 3 rings (SSSR count). The van der Waals surface area contributed by atoms with Crippen LogP contribution < -0.4 is 0 Å². The molecular formula is C30H39NO4. The van der Waals surface area contributed by atoms with Gasteiger partial charge in [0.2, 0.25) is 5.78 Å². The van der Waals surface area contributed by atoms with Crippen molar-refractivity contribution in [3.8, 4) is 0 Å². The maximum atomic E-state index is 13.0. The van der Waals surface area contributed by atoms with Crippen molar-refractivity contribution in [3.05, 3.63) is 71.8 Å². The highest BCUT2D eigenvalue weighted by atomic mass is 16.5. The Morgan fingerprint density at radius 3 is 2.29 bits per heavy atom. The summed E-state index contributed by atoms with van der Waals surface area (Å²) in [6.07, 6.45) is 5.38. The van der Waals surface area contributed by atoms with Gasteiger partial charge in [0.25, 0.3) is 5.91 Å². The molecule has 35 heavy (non-hydrogen) atoms. The van der Waals surface area contributed by atoms with Crippen LogP contribution in [0.1, 0.15) is 76.3 Å². The second-order valence-corrected chi connectivity index (χ2v) is 10.2. The van der Waals surface area contributed by atoms with Crippen LogP contribution in [0, 0.1) is 5.41 Å². The van der Waals surface area contributed by atoms with Crippen molar-refractivity contribution < 1.29 is 19.1 Å². The van der Waals surface area contributed by atoms with Gasteiger partial charge in [0.15, 0.2) is 0 Å². The summed E-state index contributed by atoms with van der Waals surface area (Å²) in [7, 11) is 0. The smallest absolute Gasteiger partial charge is 0.328 e. The fraction of sp³-hybridized carbons (Fsp3) is 0.500. The first-order valence-electron chi connectivity index (χ1n) is 12.9. The molecule has 1 aliphatic heterocycles. The molecule has 2 aromatic carbocycles. The number of hydrogen-bond donors (Lipinski definition) is 0. The number of piperidine rings is 1. The number of carbonyl (C=O) groups excluding carboxylic acids is 3.